The Labute approximate surface area is 153 Å². The second-order valence-electron chi connectivity index (χ2n) is 6.53. The van der Waals surface area contributed by atoms with E-state index in [1.54, 1.807) is 0 Å². The fraction of sp³-hybridized carbons (Fsp3) is 0.600. The Morgan fingerprint density at radius 3 is 2.46 bits per heavy atom. The first kappa shape index (κ1) is 19.7. The topological polar surface area (TPSA) is 124 Å². The summed E-state index contributed by atoms with van der Waals surface area (Å²) in [6, 6.07) is 5.02. The fourth-order valence-corrected chi connectivity index (χ4v) is 8.70. The zero-order chi connectivity index (χ0) is 19.0. The van der Waals surface area contributed by atoms with E-state index in [1.165, 1.54) is 18.2 Å². The molecular formula is C15H21NO7S3. The van der Waals surface area contributed by atoms with Crippen molar-refractivity contribution in [1.29, 1.82) is 0 Å². The summed E-state index contributed by atoms with van der Waals surface area (Å²) in [5.74, 6) is -0.596. The van der Waals surface area contributed by atoms with Crippen molar-refractivity contribution >= 4 is 29.7 Å². The van der Waals surface area contributed by atoms with E-state index in [2.05, 4.69) is 4.72 Å². The summed E-state index contributed by atoms with van der Waals surface area (Å²) in [4.78, 5) is -0.350. The van der Waals surface area contributed by atoms with Crippen molar-refractivity contribution in [2.45, 2.75) is 40.4 Å². The number of hydrogen-bond donors (Lipinski definition) is 1. The summed E-state index contributed by atoms with van der Waals surface area (Å²) in [6.45, 7) is 0.727. The third-order valence-electron chi connectivity index (χ3n) is 4.60. The minimum Gasteiger partial charge on any atom is -0.377 e. The average molecular weight is 424 g/mol. The van der Waals surface area contributed by atoms with Gasteiger partial charge in [-0.3, -0.25) is 0 Å². The number of nitrogens with one attached hydrogen (secondary N) is 1. The molecule has 0 aliphatic carbocycles. The maximum Gasteiger partial charge on any atom is 0.240 e. The zero-order valence-electron chi connectivity index (χ0n) is 14.0. The van der Waals surface area contributed by atoms with Gasteiger partial charge in [0.1, 0.15) is 0 Å². The molecule has 2 fully saturated rings. The predicted molar refractivity (Wildman–Crippen MR) is 94.8 cm³/mol. The van der Waals surface area contributed by atoms with Gasteiger partial charge in [-0.1, -0.05) is 6.07 Å². The molecule has 26 heavy (non-hydrogen) atoms. The fourth-order valence-electron chi connectivity index (χ4n) is 3.11. The van der Waals surface area contributed by atoms with Crippen molar-refractivity contribution in [2.75, 3.05) is 24.7 Å². The molecule has 1 aromatic rings. The van der Waals surface area contributed by atoms with Gasteiger partial charge in [-0.2, -0.15) is 0 Å². The van der Waals surface area contributed by atoms with E-state index in [9.17, 15) is 25.3 Å². The number of hydrogen-bond acceptors (Lipinski definition) is 7. The smallest absolute Gasteiger partial charge is 0.240 e. The molecule has 146 valence electrons. The largest absolute Gasteiger partial charge is 0.377 e. The lowest BCUT2D eigenvalue weighted by atomic mass is 10.2. The van der Waals surface area contributed by atoms with Gasteiger partial charge in [0.25, 0.3) is 0 Å². The first-order valence-corrected chi connectivity index (χ1v) is 13.1. The standard InChI is InChI=1S/C15H21NO7S3/c17-24(18)8-6-15(11-24)25(19,20)13-4-1-5-14(9-13)26(21,22)16-10-12-3-2-7-23-12/h1,4-5,9,12,15-16H,2-3,6-8,10-11H2/t12-,15+/m1/s1. The van der Waals surface area contributed by atoms with Gasteiger partial charge in [-0.25, -0.2) is 30.0 Å². The monoisotopic (exact) mass is 423 g/mol. The van der Waals surface area contributed by atoms with Crippen LogP contribution in [0.4, 0.5) is 0 Å². The Bertz CT molecular complexity index is 978. The molecule has 1 aromatic carbocycles. The van der Waals surface area contributed by atoms with E-state index < -0.39 is 40.7 Å². The minimum absolute atomic E-state index is 0.0267. The molecule has 0 spiro atoms. The molecule has 0 aromatic heterocycles. The van der Waals surface area contributed by atoms with Crippen molar-refractivity contribution in [2.24, 2.45) is 0 Å². The van der Waals surface area contributed by atoms with Gasteiger partial charge in [0, 0.05) is 13.2 Å². The van der Waals surface area contributed by atoms with E-state index in [0.717, 1.165) is 18.9 Å². The van der Waals surface area contributed by atoms with Gasteiger partial charge in [-0.15, -0.1) is 0 Å². The Morgan fingerprint density at radius 2 is 1.85 bits per heavy atom. The van der Waals surface area contributed by atoms with Gasteiger partial charge in [0.05, 0.1) is 32.7 Å². The van der Waals surface area contributed by atoms with Crippen LogP contribution in [-0.2, 0) is 34.4 Å². The van der Waals surface area contributed by atoms with Crippen LogP contribution in [0.2, 0.25) is 0 Å². The minimum atomic E-state index is -3.92. The molecule has 1 N–H and O–H groups in total. The molecule has 0 radical (unpaired) electrons. The molecule has 2 aliphatic rings. The van der Waals surface area contributed by atoms with Gasteiger partial charge in [0.15, 0.2) is 19.7 Å². The van der Waals surface area contributed by atoms with Crippen LogP contribution >= 0.6 is 0 Å². The Kier molecular flexibility index (Phi) is 5.46. The molecule has 2 aliphatic heterocycles. The maximum atomic E-state index is 12.7. The van der Waals surface area contributed by atoms with E-state index in [0.29, 0.717) is 6.61 Å². The molecule has 0 amide bonds. The summed E-state index contributed by atoms with van der Waals surface area (Å²) in [6.07, 6.45) is 1.50. The lowest BCUT2D eigenvalue weighted by molar-refractivity contribution is 0.114. The summed E-state index contributed by atoms with van der Waals surface area (Å²) >= 11 is 0. The zero-order valence-corrected chi connectivity index (χ0v) is 16.4. The van der Waals surface area contributed by atoms with Crippen molar-refractivity contribution in [3.05, 3.63) is 24.3 Å². The molecule has 2 heterocycles. The highest BCUT2D eigenvalue weighted by molar-refractivity contribution is 7.96. The van der Waals surface area contributed by atoms with Crippen LogP contribution in [0.5, 0.6) is 0 Å². The van der Waals surface area contributed by atoms with Crippen LogP contribution in [0.15, 0.2) is 34.1 Å². The number of sulfonamides is 1. The van der Waals surface area contributed by atoms with Crippen molar-refractivity contribution in [1.82, 2.24) is 4.72 Å². The number of rotatable bonds is 6. The first-order chi connectivity index (χ1) is 12.1. The molecule has 2 saturated heterocycles. The van der Waals surface area contributed by atoms with E-state index in [4.69, 9.17) is 4.74 Å². The lowest BCUT2D eigenvalue weighted by Gasteiger charge is -2.13. The highest BCUT2D eigenvalue weighted by Crippen LogP contribution is 2.26. The normalized spacial score (nSPS) is 26.2. The highest BCUT2D eigenvalue weighted by atomic mass is 32.2. The van der Waals surface area contributed by atoms with Crippen molar-refractivity contribution in [3.63, 3.8) is 0 Å². The average Bonchev–Trinajstić information content (AvgIpc) is 3.22. The Balaban J connectivity index is 1.81. The van der Waals surface area contributed by atoms with Crippen molar-refractivity contribution < 1.29 is 30.0 Å². The summed E-state index contributed by atoms with van der Waals surface area (Å²) in [5.41, 5.74) is 0. The molecule has 0 saturated carbocycles. The van der Waals surface area contributed by atoms with Gasteiger partial charge < -0.3 is 4.74 Å². The molecule has 3 rings (SSSR count). The van der Waals surface area contributed by atoms with Crippen LogP contribution in [-0.4, -0.2) is 61.3 Å². The molecule has 2 atom stereocenters. The molecule has 11 heteroatoms. The molecule has 8 nitrogen and oxygen atoms in total. The summed E-state index contributed by atoms with van der Waals surface area (Å²) < 4.78 is 81.2. The van der Waals surface area contributed by atoms with Crippen LogP contribution in [0.3, 0.4) is 0 Å². The summed E-state index contributed by atoms with van der Waals surface area (Å²) in [5, 5.41) is -1.04. The number of sulfone groups is 2. The SMILES string of the molecule is O=S1(=O)CC[C@H](S(=O)(=O)c2cccc(S(=O)(=O)NC[C@H]3CCCO3)c2)C1. The third kappa shape index (κ3) is 4.28. The van der Waals surface area contributed by atoms with Gasteiger partial charge >= 0.3 is 0 Å². The van der Waals surface area contributed by atoms with Gasteiger partial charge in [-0.05, 0) is 37.5 Å². The number of ether oxygens (including phenoxy) is 1. The Hall–Kier alpha value is -1.01. The second-order valence-corrected chi connectivity index (χ2v) is 12.8. The quantitative estimate of drug-likeness (QED) is 0.688. The summed E-state index contributed by atoms with van der Waals surface area (Å²) in [7, 11) is -11.2. The first-order valence-electron chi connectivity index (χ1n) is 8.26. The van der Waals surface area contributed by atoms with E-state index >= 15 is 0 Å². The third-order valence-corrected chi connectivity index (χ3v) is 10.2. The molecule has 0 bridgehead atoms. The molecular weight excluding hydrogens is 402 g/mol. The predicted octanol–water partition coefficient (Wildman–Crippen LogP) is 0.105. The maximum absolute atomic E-state index is 12.7. The number of benzene rings is 1. The van der Waals surface area contributed by atoms with Crippen LogP contribution < -0.4 is 4.72 Å². The second kappa shape index (κ2) is 7.19. The molecule has 0 unspecified atom stereocenters. The van der Waals surface area contributed by atoms with E-state index in [-0.39, 0.29) is 34.6 Å². The van der Waals surface area contributed by atoms with Crippen LogP contribution in [0, 0.1) is 0 Å². The van der Waals surface area contributed by atoms with Crippen LogP contribution in [0.25, 0.3) is 0 Å². The van der Waals surface area contributed by atoms with Crippen molar-refractivity contribution in [3.8, 4) is 0 Å². The lowest BCUT2D eigenvalue weighted by Crippen LogP contribution is -2.32. The van der Waals surface area contributed by atoms with Crippen LogP contribution in [0.1, 0.15) is 19.3 Å². The highest BCUT2D eigenvalue weighted by Gasteiger charge is 2.38. The van der Waals surface area contributed by atoms with E-state index in [1.807, 2.05) is 0 Å². The Morgan fingerprint density at radius 1 is 1.12 bits per heavy atom. The van der Waals surface area contributed by atoms with Gasteiger partial charge in [0.2, 0.25) is 10.0 Å².